The Balaban J connectivity index is 1.45. The zero-order chi connectivity index (χ0) is 19.5. The average molecular weight is 371 g/mol. The van der Waals surface area contributed by atoms with Crippen LogP contribution in [-0.4, -0.2) is 28.1 Å². The summed E-state index contributed by atoms with van der Waals surface area (Å²) in [5.41, 5.74) is 4.52. The molecule has 0 bridgehead atoms. The standard InChI is InChI=1S/C23H21N3O2/c1-16(27)18-7-4-8-21(13-18)25-22-10-9-19(14-24-22)23(28)26-12-11-17-5-2-3-6-20(17)15-26/h2-10,13-14H,11-12,15H2,1H3,(H,24,25). The summed E-state index contributed by atoms with van der Waals surface area (Å²) in [4.78, 5) is 30.6. The van der Waals surface area contributed by atoms with E-state index in [2.05, 4.69) is 22.4 Å². The summed E-state index contributed by atoms with van der Waals surface area (Å²) in [6.07, 6.45) is 2.47. The lowest BCUT2D eigenvalue weighted by atomic mass is 9.99. The second-order valence-corrected chi connectivity index (χ2v) is 6.94. The van der Waals surface area contributed by atoms with Gasteiger partial charge in [-0.3, -0.25) is 9.59 Å². The molecule has 140 valence electrons. The van der Waals surface area contributed by atoms with Gasteiger partial charge in [0.1, 0.15) is 5.82 Å². The zero-order valence-electron chi connectivity index (χ0n) is 15.7. The molecule has 0 atom stereocenters. The van der Waals surface area contributed by atoms with E-state index in [1.165, 1.54) is 18.1 Å². The maximum atomic E-state index is 12.8. The summed E-state index contributed by atoms with van der Waals surface area (Å²) < 4.78 is 0. The van der Waals surface area contributed by atoms with Gasteiger partial charge in [-0.25, -0.2) is 4.98 Å². The molecule has 1 aliphatic rings. The van der Waals surface area contributed by atoms with Gasteiger partial charge in [-0.1, -0.05) is 36.4 Å². The molecule has 0 saturated carbocycles. The van der Waals surface area contributed by atoms with Crippen LogP contribution >= 0.6 is 0 Å². The minimum absolute atomic E-state index is 0.00729. The molecular weight excluding hydrogens is 350 g/mol. The number of carbonyl (C=O) groups is 2. The van der Waals surface area contributed by atoms with Crippen LogP contribution < -0.4 is 5.32 Å². The molecule has 1 N–H and O–H groups in total. The number of nitrogens with zero attached hydrogens (tertiary/aromatic N) is 2. The van der Waals surface area contributed by atoms with Crippen LogP contribution in [0.25, 0.3) is 0 Å². The van der Waals surface area contributed by atoms with Crippen molar-refractivity contribution in [3.05, 3.63) is 89.1 Å². The summed E-state index contributed by atoms with van der Waals surface area (Å²) in [6.45, 7) is 2.89. The number of rotatable bonds is 4. The lowest BCUT2D eigenvalue weighted by Gasteiger charge is -2.28. The van der Waals surface area contributed by atoms with Crippen molar-refractivity contribution in [3.8, 4) is 0 Å². The molecule has 0 unspecified atom stereocenters. The Morgan fingerprint density at radius 2 is 1.79 bits per heavy atom. The highest BCUT2D eigenvalue weighted by atomic mass is 16.2. The van der Waals surface area contributed by atoms with Gasteiger partial charge in [0.15, 0.2) is 5.78 Å². The van der Waals surface area contributed by atoms with Gasteiger partial charge >= 0.3 is 0 Å². The Labute approximate surface area is 164 Å². The van der Waals surface area contributed by atoms with Gasteiger partial charge in [-0.2, -0.15) is 0 Å². The summed E-state index contributed by atoms with van der Waals surface area (Å²) in [7, 11) is 0. The van der Waals surface area contributed by atoms with E-state index in [1.807, 2.05) is 29.2 Å². The van der Waals surface area contributed by atoms with Crippen molar-refractivity contribution < 1.29 is 9.59 Å². The topological polar surface area (TPSA) is 62.3 Å². The highest BCUT2D eigenvalue weighted by Gasteiger charge is 2.21. The molecule has 1 aromatic heterocycles. The van der Waals surface area contributed by atoms with E-state index in [0.29, 0.717) is 30.0 Å². The third-order valence-electron chi connectivity index (χ3n) is 4.97. The van der Waals surface area contributed by atoms with Gasteiger partial charge in [-0.05, 0) is 48.7 Å². The van der Waals surface area contributed by atoms with E-state index >= 15 is 0 Å². The molecule has 0 aliphatic carbocycles. The molecule has 0 saturated heterocycles. The second kappa shape index (κ2) is 7.64. The van der Waals surface area contributed by atoms with Crippen LogP contribution in [0.4, 0.5) is 11.5 Å². The first-order valence-electron chi connectivity index (χ1n) is 9.30. The molecule has 0 radical (unpaired) electrons. The molecule has 5 heteroatoms. The Morgan fingerprint density at radius 3 is 2.54 bits per heavy atom. The van der Waals surface area contributed by atoms with Crippen molar-refractivity contribution in [3.63, 3.8) is 0 Å². The van der Waals surface area contributed by atoms with Crippen LogP contribution in [0.2, 0.25) is 0 Å². The summed E-state index contributed by atoms with van der Waals surface area (Å²) in [6, 6.07) is 19.1. The quantitative estimate of drug-likeness (QED) is 0.697. The summed E-state index contributed by atoms with van der Waals surface area (Å²) in [5.74, 6) is 0.633. The Hall–Kier alpha value is -3.47. The van der Waals surface area contributed by atoms with Gasteiger partial charge in [-0.15, -0.1) is 0 Å². The Morgan fingerprint density at radius 1 is 0.964 bits per heavy atom. The number of fused-ring (bicyclic) bond motifs is 1. The molecule has 3 aromatic rings. The normalized spacial score (nSPS) is 13.0. The molecule has 5 nitrogen and oxygen atoms in total. The van der Waals surface area contributed by atoms with Gasteiger partial charge in [0.2, 0.25) is 0 Å². The zero-order valence-corrected chi connectivity index (χ0v) is 15.7. The highest BCUT2D eigenvalue weighted by molar-refractivity contribution is 5.95. The number of pyridine rings is 1. The van der Waals surface area contributed by atoms with Crippen molar-refractivity contribution in [2.75, 3.05) is 11.9 Å². The van der Waals surface area contributed by atoms with Crippen molar-refractivity contribution >= 4 is 23.2 Å². The predicted molar refractivity (Wildman–Crippen MR) is 109 cm³/mol. The van der Waals surface area contributed by atoms with Gasteiger partial charge in [0, 0.05) is 30.5 Å². The lowest BCUT2D eigenvalue weighted by Crippen LogP contribution is -2.35. The lowest BCUT2D eigenvalue weighted by molar-refractivity contribution is 0.0734. The number of Topliss-reactive ketones (excluding diaryl/α,β-unsaturated/α-hetero) is 1. The predicted octanol–water partition coefficient (Wildman–Crippen LogP) is 4.23. The molecule has 0 spiro atoms. The van der Waals surface area contributed by atoms with Crippen molar-refractivity contribution in [1.82, 2.24) is 9.88 Å². The number of hydrogen-bond donors (Lipinski definition) is 1. The second-order valence-electron chi connectivity index (χ2n) is 6.94. The van der Waals surface area contributed by atoms with Crippen LogP contribution in [0.3, 0.4) is 0 Å². The third kappa shape index (κ3) is 3.78. The van der Waals surface area contributed by atoms with E-state index in [-0.39, 0.29) is 11.7 Å². The smallest absolute Gasteiger partial charge is 0.255 e. The fraction of sp³-hybridized carbons (Fsp3) is 0.174. The summed E-state index contributed by atoms with van der Waals surface area (Å²) in [5, 5.41) is 3.17. The number of aromatic nitrogens is 1. The summed E-state index contributed by atoms with van der Waals surface area (Å²) >= 11 is 0. The number of benzene rings is 2. The van der Waals surface area contributed by atoms with Crippen LogP contribution in [0, 0.1) is 0 Å². The first-order valence-corrected chi connectivity index (χ1v) is 9.30. The van der Waals surface area contributed by atoms with E-state index in [1.54, 1.807) is 30.5 Å². The van der Waals surface area contributed by atoms with Gasteiger partial charge in [0.05, 0.1) is 5.56 Å². The first-order chi connectivity index (χ1) is 13.6. The number of hydrogen-bond acceptors (Lipinski definition) is 4. The maximum Gasteiger partial charge on any atom is 0.255 e. The Kier molecular flexibility index (Phi) is 4.89. The minimum atomic E-state index is -0.00729. The largest absolute Gasteiger partial charge is 0.340 e. The maximum absolute atomic E-state index is 12.8. The molecule has 0 fully saturated rings. The molecule has 1 aliphatic heterocycles. The molecule has 2 aromatic carbocycles. The SMILES string of the molecule is CC(=O)c1cccc(Nc2ccc(C(=O)N3CCc4ccccc4C3)cn2)c1. The van der Waals surface area contributed by atoms with Crippen molar-refractivity contribution in [1.29, 1.82) is 0 Å². The molecule has 2 heterocycles. The molecule has 1 amide bonds. The van der Waals surface area contributed by atoms with E-state index in [4.69, 9.17) is 0 Å². The fourth-order valence-corrected chi connectivity index (χ4v) is 3.41. The average Bonchev–Trinajstić information content (AvgIpc) is 2.73. The van der Waals surface area contributed by atoms with E-state index < -0.39 is 0 Å². The highest BCUT2D eigenvalue weighted by Crippen LogP contribution is 2.21. The van der Waals surface area contributed by atoms with Crippen LogP contribution in [0.1, 0.15) is 38.8 Å². The number of nitrogens with one attached hydrogen (secondary N) is 1. The van der Waals surface area contributed by atoms with E-state index in [9.17, 15) is 9.59 Å². The van der Waals surface area contributed by atoms with Gasteiger partial charge < -0.3 is 10.2 Å². The van der Waals surface area contributed by atoms with Crippen LogP contribution in [-0.2, 0) is 13.0 Å². The number of carbonyl (C=O) groups excluding carboxylic acids is 2. The number of amides is 1. The molecule has 4 rings (SSSR count). The van der Waals surface area contributed by atoms with Gasteiger partial charge in [0.25, 0.3) is 5.91 Å². The fourth-order valence-electron chi connectivity index (χ4n) is 3.41. The van der Waals surface area contributed by atoms with Crippen LogP contribution in [0.5, 0.6) is 0 Å². The van der Waals surface area contributed by atoms with Crippen molar-refractivity contribution in [2.45, 2.75) is 19.9 Å². The number of ketones is 1. The molecular formula is C23H21N3O2. The number of anilines is 2. The Bertz CT molecular complexity index is 1030. The van der Waals surface area contributed by atoms with Crippen LogP contribution in [0.15, 0.2) is 66.9 Å². The molecule has 28 heavy (non-hydrogen) atoms. The first kappa shape index (κ1) is 17.9. The monoisotopic (exact) mass is 371 g/mol. The third-order valence-corrected chi connectivity index (χ3v) is 4.97. The van der Waals surface area contributed by atoms with E-state index in [0.717, 1.165) is 12.1 Å². The van der Waals surface area contributed by atoms with Crippen molar-refractivity contribution in [2.24, 2.45) is 0 Å². The minimum Gasteiger partial charge on any atom is -0.340 e.